The molecule has 2 amide bonds. The highest BCUT2D eigenvalue weighted by molar-refractivity contribution is 6.63. The van der Waals surface area contributed by atoms with E-state index in [0.29, 0.717) is 33.6 Å². The van der Waals surface area contributed by atoms with Gasteiger partial charge in [-0.3, -0.25) is 14.4 Å². The number of aryl methyl sites for hydroxylation is 2. The normalized spacial score (nSPS) is 23.0. The average molecular weight is 828 g/mol. The van der Waals surface area contributed by atoms with Gasteiger partial charge in [0.1, 0.15) is 11.0 Å². The van der Waals surface area contributed by atoms with Crippen LogP contribution in [0.4, 0.5) is 11.4 Å². The van der Waals surface area contributed by atoms with Crippen molar-refractivity contribution < 1.29 is 19.5 Å². The summed E-state index contributed by atoms with van der Waals surface area (Å²) in [7, 11) is 0. The van der Waals surface area contributed by atoms with Gasteiger partial charge in [0.25, 0.3) is 0 Å². The molecule has 0 radical (unpaired) electrons. The molecule has 0 bridgehead atoms. The second-order valence-corrected chi connectivity index (χ2v) is 17.4. The SMILES string of the molecule is Cc1ccc(C(=O)[C@H]2[C@@]3(C[C@@](O)(c4ccc(C)cc4)[C@@]24C(=O)N(Cc2ccccc2)c2ccccc24)C(=O)N(Cc2ccccc2)c2ccccc23)cc1.ClC(Cl)Cl. The number of alkyl halides is 3. The Morgan fingerprint density at radius 3 is 1.59 bits per heavy atom. The van der Waals surface area contributed by atoms with Crippen LogP contribution in [0.3, 0.4) is 0 Å². The van der Waals surface area contributed by atoms with Crippen LogP contribution in [0.15, 0.2) is 158 Å². The van der Waals surface area contributed by atoms with Crippen LogP contribution in [-0.2, 0) is 39.1 Å². The number of amides is 2. The summed E-state index contributed by atoms with van der Waals surface area (Å²) in [5.41, 5.74) is 1.66. The second kappa shape index (κ2) is 15.5. The van der Waals surface area contributed by atoms with Crippen molar-refractivity contribution in [2.24, 2.45) is 5.92 Å². The zero-order chi connectivity index (χ0) is 40.8. The summed E-state index contributed by atoms with van der Waals surface area (Å²) in [6.07, 6.45) is -0.175. The van der Waals surface area contributed by atoms with Gasteiger partial charge in [0.2, 0.25) is 11.8 Å². The fourth-order valence-electron chi connectivity index (χ4n) is 9.72. The summed E-state index contributed by atoms with van der Waals surface area (Å²) >= 11 is 14.4. The van der Waals surface area contributed by atoms with E-state index in [1.54, 1.807) is 21.9 Å². The van der Waals surface area contributed by atoms with E-state index in [-0.39, 0.29) is 31.2 Å². The third-order valence-corrected chi connectivity index (χ3v) is 12.1. The highest BCUT2D eigenvalue weighted by Gasteiger charge is 2.82. The Bertz CT molecular complexity index is 2490. The Labute approximate surface area is 353 Å². The molecule has 9 rings (SSSR count). The van der Waals surface area contributed by atoms with Gasteiger partial charge in [-0.25, -0.2) is 0 Å². The zero-order valence-electron chi connectivity index (χ0n) is 32.0. The Kier molecular flexibility index (Phi) is 10.6. The number of aliphatic hydroxyl groups is 1. The van der Waals surface area contributed by atoms with Crippen LogP contribution in [0, 0.1) is 19.8 Å². The molecule has 6 aromatic carbocycles. The molecule has 4 atom stereocenters. The van der Waals surface area contributed by atoms with Crippen LogP contribution < -0.4 is 9.80 Å². The molecule has 2 spiro atoms. The van der Waals surface area contributed by atoms with Gasteiger partial charge in [-0.2, -0.15) is 0 Å². The van der Waals surface area contributed by atoms with Crippen LogP contribution in [0.1, 0.15) is 55.7 Å². The lowest BCUT2D eigenvalue weighted by molar-refractivity contribution is -0.135. The van der Waals surface area contributed by atoms with E-state index in [1.165, 1.54) is 0 Å². The summed E-state index contributed by atoms with van der Waals surface area (Å²) in [6, 6.07) is 49.5. The van der Waals surface area contributed by atoms with Crippen LogP contribution in [0.5, 0.6) is 0 Å². The summed E-state index contributed by atoms with van der Waals surface area (Å²) < 4.78 is -0.750. The Hall–Kier alpha value is -5.24. The quantitative estimate of drug-likeness (QED) is 0.128. The van der Waals surface area contributed by atoms with Gasteiger partial charge in [-0.15, -0.1) is 0 Å². The minimum Gasteiger partial charge on any atom is -0.384 e. The molecule has 292 valence electrons. The molecule has 58 heavy (non-hydrogen) atoms. The molecule has 0 saturated heterocycles. The molecule has 0 aromatic heterocycles. The average Bonchev–Trinajstić information content (AvgIpc) is 3.73. The highest BCUT2D eigenvalue weighted by atomic mass is 35.6. The number of hydrogen-bond donors (Lipinski definition) is 1. The summed E-state index contributed by atoms with van der Waals surface area (Å²) in [5.74, 6) is -2.37. The number of para-hydroxylation sites is 2. The van der Waals surface area contributed by atoms with E-state index in [0.717, 1.165) is 22.3 Å². The zero-order valence-corrected chi connectivity index (χ0v) is 34.3. The molecule has 2 aliphatic heterocycles. The lowest BCUT2D eigenvalue weighted by Crippen LogP contribution is -2.59. The first-order valence-electron chi connectivity index (χ1n) is 19.2. The predicted molar refractivity (Wildman–Crippen MR) is 232 cm³/mol. The number of rotatable bonds is 7. The third-order valence-electron chi connectivity index (χ3n) is 12.1. The van der Waals surface area contributed by atoms with Crippen molar-refractivity contribution in [1.29, 1.82) is 0 Å². The van der Waals surface area contributed by atoms with Gasteiger partial charge in [0.05, 0.1) is 24.4 Å². The molecule has 0 unspecified atom stereocenters. The van der Waals surface area contributed by atoms with Gasteiger partial charge < -0.3 is 14.9 Å². The van der Waals surface area contributed by atoms with Crippen molar-refractivity contribution in [1.82, 2.24) is 0 Å². The van der Waals surface area contributed by atoms with Crippen molar-refractivity contribution in [2.75, 3.05) is 9.80 Å². The van der Waals surface area contributed by atoms with E-state index >= 15 is 14.4 Å². The van der Waals surface area contributed by atoms with Gasteiger partial charge >= 0.3 is 0 Å². The number of halogens is 3. The molecule has 3 aliphatic rings. The Morgan fingerprint density at radius 1 is 0.621 bits per heavy atom. The van der Waals surface area contributed by atoms with Gasteiger partial charge in [-0.1, -0.05) is 192 Å². The van der Waals surface area contributed by atoms with Gasteiger partial charge in [0.15, 0.2) is 10.1 Å². The van der Waals surface area contributed by atoms with E-state index in [4.69, 9.17) is 34.8 Å². The van der Waals surface area contributed by atoms with E-state index < -0.39 is 32.6 Å². The van der Waals surface area contributed by atoms with Crippen LogP contribution in [-0.4, -0.2) is 27.0 Å². The number of anilines is 2. The molecule has 1 saturated carbocycles. The summed E-state index contributed by atoms with van der Waals surface area (Å²) in [5, 5.41) is 14.0. The Balaban J connectivity index is 0.00000112. The molecule has 6 nitrogen and oxygen atoms in total. The molecule has 9 heteroatoms. The topological polar surface area (TPSA) is 77.9 Å². The molecule has 1 aliphatic carbocycles. The van der Waals surface area contributed by atoms with Crippen molar-refractivity contribution in [3.05, 3.63) is 202 Å². The number of hydrogen-bond acceptors (Lipinski definition) is 4. The van der Waals surface area contributed by atoms with E-state index in [1.807, 2.05) is 159 Å². The van der Waals surface area contributed by atoms with Crippen LogP contribution in [0.2, 0.25) is 0 Å². The number of Topliss-reactive ketones (excluding diaryl/α,β-unsaturated/α-hetero) is 1. The smallest absolute Gasteiger partial charge is 0.242 e. The minimum atomic E-state index is -1.99. The monoisotopic (exact) mass is 826 g/mol. The second-order valence-electron chi connectivity index (χ2n) is 15.4. The van der Waals surface area contributed by atoms with Crippen molar-refractivity contribution in [2.45, 2.75) is 54.1 Å². The van der Waals surface area contributed by atoms with Crippen molar-refractivity contribution in [3.63, 3.8) is 0 Å². The van der Waals surface area contributed by atoms with Crippen molar-refractivity contribution in [3.8, 4) is 0 Å². The van der Waals surface area contributed by atoms with Crippen LogP contribution in [0.25, 0.3) is 0 Å². The fraction of sp³-hybridized carbons (Fsp3) is 0.204. The largest absolute Gasteiger partial charge is 0.384 e. The van der Waals surface area contributed by atoms with Crippen molar-refractivity contribution >= 4 is 63.8 Å². The van der Waals surface area contributed by atoms with E-state index in [9.17, 15) is 5.11 Å². The summed E-state index contributed by atoms with van der Waals surface area (Å²) in [4.78, 5) is 51.2. The lowest BCUT2D eigenvalue weighted by Gasteiger charge is -2.42. The number of fused-ring (bicyclic) bond motifs is 4. The Morgan fingerprint density at radius 2 is 1.05 bits per heavy atom. The first kappa shape index (κ1) is 39.6. The molecule has 1 fully saturated rings. The van der Waals surface area contributed by atoms with Gasteiger partial charge in [-0.05, 0) is 53.8 Å². The van der Waals surface area contributed by atoms with Crippen LogP contribution >= 0.6 is 34.8 Å². The lowest BCUT2D eigenvalue weighted by atomic mass is 9.58. The molecular formula is C49H41Cl3N2O4. The molecule has 2 heterocycles. The number of carbonyl (C=O) groups excluding carboxylic acids is 3. The van der Waals surface area contributed by atoms with Gasteiger partial charge in [0, 0.05) is 23.4 Å². The summed E-state index contributed by atoms with van der Waals surface area (Å²) in [6.45, 7) is 4.43. The standard InChI is InChI=1S/C48H40N2O4.CHCl3/c1-32-21-25-36(26-22-32)42(51)43-46(38-17-9-11-19-40(38)49(44(46)52)29-34-13-5-3-6-14-34)31-47(54,37-27-23-33(2)24-28-37)48(43)39-18-10-12-20-41(39)50(45(48)53)30-35-15-7-4-8-16-35;2-1(3)4/h3-28,43,54H,29-31H2,1-2H3;1H/t43-,46-,47+,48+;/m0./s1. The molecule has 1 N–H and O–H groups in total. The predicted octanol–water partition coefficient (Wildman–Crippen LogP) is 10.3. The first-order chi connectivity index (χ1) is 27.9. The number of ketones is 1. The third kappa shape index (κ3) is 6.25. The maximum atomic E-state index is 16.1. The molecule has 6 aromatic rings. The number of benzene rings is 6. The van der Waals surface area contributed by atoms with E-state index in [2.05, 4.69) is 0 Å². The fourth-order valence-corrected chi connectivity index (χ4v) is 9.72. The molecular weight excluding hydrogens is 787 g/mol. The maximum absolute atomic E-state index is 16.1. The first-order valence-corrected chi connectivity index (χ1v) is 20.5. The number of carbonyl (C=O) groups is 3. The maximum Gasteiger partial charge on any atom is 0.242 e. The highest BCUT2D eigenvalue weighted by Crippen LogP contribution is 2.71. The number of nitrogens with zero attached hydrogens (tertiary/aromatic N) is 2. The minimum absolute atomic E-state index is 0.175.